The maximum absolute atomic E-state index is 13.3. The quantitative estimate of drug-likeness (QED) is 0.781. The lowest BCUT2D eigenvalue weighted by atomic mass is 9.93. The van der Waals surface area contributed by atoms with Crippen LogP contribution in [0.2, 0.25) is 0 Å². The van der Waals surface area contributed by atoms with Crippen LogP contribution < -0.4 is 10.6 Å². The van der Waals surface area contributed by atoms with Gasteiger partial charge in [-0.15, -0.1) is 0 Å². The molecule has 6 heteroatoms. The van der Waals surface area contributed by atoms with Gasteiger partial charge in [0.05, 0.1) is 6.04 Å². The summed E-state index contributed by atoms with van der Waals surface area (Å²) >= 11 is 6.70. The van der Waals surface area contributed by atoms with Crippen molar-refractivity contribution in [2.75, 3.05) is 0 Å². The second kappa shape index (κ2) is 7.37. The number of allylic oxidation sites excluding steroid dienone is 1. The van der Waals surface area contributed by atoms with Crippen molar-refractivity contribution in [3.05, 3.63) is 71.2 Å². The number of carbonyl (C=O) groups is 1. The van der Waals surface area contributed by atoms with Gasteiger partial charge in [0.25, 0.3) is 0 Å². The molecule has 0 fully saturated rings. The van der Waals surface area contributed by atoms with Gasteiger partial charge in [-0.25, -0.2) is 4.39 Å². The summed E-state index contributed by atoms with van der Waals surface area (Å²) < 4.78 is 13.3. The number of hydrogen-bond acceptors (Lipinski definition) is 3. The average Bonchev–Trinajstić information content (AvgIpc) is 2.54. The number of thiocarbonyl (C=S) groups is 1. The molecule has 2 N–H and O–H groups in total. The van der Waals surface area contributed by atoms with Crippen LogP contribution >= 0.6 is 24.0 Å². The number of rotatable bonds is 4. The van der Waals surface area contributed by atoms with Crippen molar-refractivity contribution in [2.24, 2.45) is 0 Å². The Balaban J connectivity index is 1.85. The van der Waals surface area contributed by atoms with Crippen LogP contribution in [0.3, 0.4) is 0 Å². The Kier molecular flexibility index (Phi) is 5.20. The standard InChI is InChI=1S/C19H17FN2OS2/c1-11-17(12(2)23)18(22-19(24)21-11)13-6-8-15(9-7-13)25-16-5-3-4-14(20)10-16/h3-10,18H,1-2H3,(H2,21,22,24). The molecule has 1 aliphatic heterocycles. The SMILES string of the molecule is CC(=O)C1=C(C)NC(=S)NC1c1ccc(Sc2cccc(F)c2)cc1. The van der Waals surface area contributed by atoms with Crippen LogP contribution in [0.1, 0.15) is 25.5 Å². The van der Waals surface area contributed by atoms with Crippen molar-refractivity contribution in [3.8, 4) is 0 Å². The highest BCUT2D eigenvalue weighted by Crippen LogP contribution is 2.31. The van der Waals surface area contributed by atoms with Gasteiger partial charge < -0.3 is 10.6 Å². The maximum atomic E-state index is 13.3. The van der Waals surface area contributed by atoms with Gasteiger partial charge in [0.2, 0.25) is 0 Å². The van der Waals surface area contributed by atoms with Crippen molar-refractivity contribution >= 4 is 34.9 Å². The molecule has 0 aliphatic carbocycles. The van der Waals surface area contributed by atoms with E-state index in [1.807, 2.05) is 37.3 Å². The number of benzene rings is 2. The van der Waals surface area contributed by atoms with Gasteiger partial charge in [-0.3, -0.25) is 4.79 Å². The van der Waals surface area contributed by atoms with E-state index in [1.165, 1.54) is 23.9 Å². The number of nitrogens with one attached hydrogen (secondary N) is 2. The van der Waals surface area contributed by atoms with Gasteiger partial charge in [-0.05, 0) is 62.0 Å². The van der Waals surface area contributed by atoms with E-state index in [0.717, 1.165) is 21.1 Å². The van der Waals surface area contributed by atoms with Crippen molar-refractivity contribution in [1.29, 1.82) is 0 Å². The minimum absolute atomic E-state index is 0.00297. The summed E-state index contributed by atoms with van der Waals surface area (Å²) in [6.07, 6.45) is 0. The number of ketones is 1. The highest BCUT2D eigenvalue weighted by atomic mass is 32.2. The van der Waals surface area contributed by atoms with Crippen LogP contribution in [0.15, 0.2) is 69.6 Å². The van der Waals surface area contributed by atoms with Gasteiger partial charge in [0.1, 0.15) is 5.82 Å². The van der Waals surface area contributed by atoms with Gasteiger partial charge >= 0.3 is 0 Å². The van der Waals surface area contributed by atoms with Crippen LogP contribution in [0.5, 0.6) is 0 Å². The first-order valence-corrected chi connectivity index (χ1v) is 8.99. The van der Waals surface area contributed by atoms with Gasteiger partial charge in [0, 0.05) is 21.1 Å². The summed E-state index contributed by atoms with van der Waals surface area (Å²) in [6, 6.07) is 14.1. The van der Waals surface area contributed by atoms with E-state index in [9.17, 15) is 9.18 Å². The first-order chi connectivity index (χ1) is 11.9. The fraction of sp³-hybridized carbons (Fsp3) is 0.158. The molecule has 0 aromatic heterocycles. The number of Topliss-reactive ketones (excluding diaryl/α,β-unsaturated/α-hetero) is 1. The highest BCUT2D eigenvalue weighted by Gasteiger charge is 2.27. The molecule has 0 spiro atoms. The van der Waals surface area contributed by atoms with E-state index < -0.39 is 0 Å². The predicted octanol–water partition coefficient (Wildman–Crippen LogP) is 4.36. The van der Waals surface area contributed by atoms with E-state index in [4.69, 9.17) is 12.2 Å². The summed E-state index contributed by atoms with van der Waals surface area (Å²) in [4.78, 5) is 13.9. The molecule has 3 nitrogen and oxygen atoms in total. The summed E-state index contributed by atoms with van der Waals surface area (Å²) in [5.74, 6) is -0.246. The lowest BCUT2D eigenvalue weighted by Gasteiger charge is -2.29. The third-order valence-corrected chi connectivity index (χ3v) is 5.11. The average molecular weight is 372 g/mol. The zero-order valence-corrected chi connectivity index (χ0v) is 15.4. The van der Waals surface area contributed by atoms with Gasteiger partial charge in [-0.1, -0.05) is 30.0 Å². The molecule has 128 valence electrons. The van der Waals surface area contributed by atoms with Crippen molar-refractivity contribution in [1.82, 2.24) is 10.6 Å². The Hall–Kier alpha value is -2.18. The second-order valence-corrected chi connectivity index (χ2v) is 7.31. The molecular weight excluding hydrogens is 355 g/mol. The second-order valence-electron chi connectivity index (χ2n) is 5.75. The van der Waals surface area contributed by atoms with E-state index in [0.29, 0.717) is 10.7 Å². The van der Waals surface area contributed by atoms with Crippen LogP contribution in [0, 0.1) is 5.82 Å². The molecule has 0 saturated heterocycles. The van der Waals surface area contributed by atoms with Crippen LogP contribution in [-0.4, -0.2) is 10.9 Å². The molecule has 0 saturated carbocycles. The summed E-state index contributed by atoms with van der Waals surface area (Å²) in [7, 11) is 0. The molecule has 0 bridgehead atoms. The highest BCUT2D eigenvalue weighted by molar-refractivity contribution is 7.99. The van der Waals surface area contributed by atoms with Crippen molar-refractivity contribution < 1.29 is 9.18 Å². The van der Waals surface area contributed by atoms with Gasteiger partial charge in [-0.2, -0.15) is 0 Å². The monoisotopic (exact) mass is 372 g/mol. The van der Waals surface area contributed by atoms with Crippen LogP contribution in [0.25, 0.3) is 0 Å². The first kappa shape index (κ1) is 17.6. The Bertz CT molecular complexity index is 862. The molecule has 2 aromatic carbocycles. The number of halogens is 1. The normalized spacial score (nSPS) is 17.1. The predicted molar refractivity (Wildman–Crippen MR) is 102 cm³/mol. The number of hydrogen-bond donors (Lipinski definition) is 2. The van der Waals surface area contributed by atoms with E-state index >= 15 is 0 Å². The third kappa shape index (κ3) is 4.08. The fourth-order valence-corrected chi connectivity index (χ4v) is 3.94. The maximum Gasteiger partial charge on any atom is 0.171 e. The Morgan fingerprint density at radius 1 is 1.16 bits per heavy atom. The molecule has 0 amide bonds. The fourth-order valence-electron chi connectivity index (χ4n) is 2.81. The Morgan fingerprint density at radius 2 is 1.88 bits per heavy atom. The smallest absolute Gasteiger partial charge is 0.171 e. The van der Waals surface area contributed by atoms with E-state index in [1.54, 1.807) is 13.0 Å². The molecule has 2 aromatic rings. The molecular formula is C19H17FN2OS2. The Labute approximate surface area is 155 Å². The molecule has 25 heavy (non-hydrogen) atoms. The van der Waals surface area contributed by atoms with E-state index in [-0.39, 0.29) is 17.6 Å². The van der Waals surface area contributed by atoms with Crippen LogP contribution in [0.4, 0.5) is 4.39 Å². The molecule has 0 radical (unpaired) electrons. The zero-order chi connectivity index (χ0) is 18.0. The molecule has 1 unspecified atom stereocenters. The first-order valence-electron chi connectivity index (χ1n) is 7.76. The molecule has 3 rings (SSSR count). The summed E-state index contributed by atoms with van der Waals surface area (Å²) in [6.45, 7) is 3.41. The lowest BCUT2D eigenvalue weighted by molar-refractivity contribution is -0.114. The third-order valence-electron chi connectivity index (χ3n) is 3.89. The zero-order valence-electron chi connectivity index (χ0n) is 13.8. The van der Waals surface area contributed by atoms with Crippen molar-refractivity contribution in [2.45, 2.75) is 29.7 Å². The lowest BCUT2D eigenvalue weighted by Crippen LogP contribution is -2.44. The van der Waals surface area contributed by atoms with Crippen LogP contribution in [-0.2, 0) is 4.79 Å². The number of carbonyl (C=O) groups excluding carboxylic acids is 1. The van der Waals surface area contributed by atoms with Gasteiger partial charge in [0.15, 0.2) is 10.9 Å². The largest absolute Gasteiger partial charge is 0.351 e. The summed E-state index contributed by atoms with van der Waals surface area (Å²) in [5.41, 5.74) is 2.41. The molecule has 1 atom stereocenters. The van der Waals surface area contributed by atoms with Crippen molar-refractivity contribution in [3.63, 3.8) is 0 Å². The van der Waals surface area contributed by atoms with E-state index in [2.05, 4.69) is 10.6 Å². The minimum Gasteiger partial charge on any atom is -0.351 e. The molecule has 1 heterocycles. The summed E-state index contributed by atoms with van der Waals surface area (Å²) in [5, 5.41) is 6.66. The molecule has 1 aliphatic rings. The Morgan fingerprint density at radius 3 is 2.52 bits per heavy atom. The minimum atomic E-state index is -0.264. The topological polar surface area (TPSA) is 41.1 Å².